The van der Waals surface area contributed by atoms with Gasteiger partial charge in [-0.2, -0.15) is 0 Å². The van der Waals surface area contributed by atoms with Crippen molar-refractivity contribution in [2.24, 2.45) is 0 Å². The Hall–Kier alpha value is -2.11. The third-order valence-corrected chi connectivity index (χ3v) is 3.93. The van der Waals surface area contributed by atoms with Crippen molar-refractivity contribution >= 4 is 0 Å². The Morgan fingerprint density at radius 3 is 2.27 bits per heavy atom. The molecular formula is C21H28FNO3. The summed E-state index contributed by atoms with van der Waals surface area (Å²) in [4.78, 5) is 0. The first-order chi connectivity index (χ1) is 12.7. The summed E-state index contributed by atoms with van der Waals surface area (Å²) in [5.74, 6) is 1.25. The molecule has 0 aromatic heterocycles. The number of para-hydroxylation sites is 2. The largest absolute Gasteiger partial charge is 0.490 e. The number of rotatable bonds is 12. The first-order valence-electron chi connectivity index (χ1n) is 9.19. The molecule has 0 aliphatic rings. The Bertz CT molecular complexity index is 633. The molecule has 2 aromatic rings. The molecule has 2 N–H and O–H groups in total. The number of aliphatic hydroxyl groups is 1. The molecule has 2 aromatic carbocycles. The summed E-state index contributed by atoms with van der Waals surface area (Å²) < 4.78 is 24.3. The minimum absolute atomic E-state index is 0.288. The van der Waals surface area contributed by atoms with Crippen LogP contribution in [-0.2, 0) is 0 Å². The molecule has 1 atom stereocenters. The molecule has 0 saturated carbocycles. The number of ether oxygens (including phenoxy) is 2. The highest BCUT2D eigenvalue weighted by Gasteiger charge is 2.07. The van der Waals surface area contributed by atoms with Crippen LogP contribution >= 0.6 is 0 Å². The minimum Gasteiger partial charge on any atom is -0.490 e. The predicted octanol–water partition coefficient (Wildman–Crippen LogP) is 4.10. The van der Waals surface area contributed by atoms with E-state index in [1.54, 1.807) is 12.1 Å². The van der Waals surface area contributed by atoms with E-state index < -0.39 is 6.10 Å². The molecule has 0 spiro atoms. The Morgan fingerprint density at radius 2 is 1.62 bits per heavy atom. The lowest BCUT2D eigenvalue weighted by atomic mass is 10.1. The van der Waals surface area contributed by atoms with Crippen LogP contribution in [0.25, 0.3) is 0 Å². The van der Waals surface area contributed by atoms with Crippen molar-refractivity contribution < 1.29 is 19.0 Å². The van der Waals surface area contributed by atoms with Crippen LogP contribution in [0.4, 0.5) is 4.39 Å². The van der Waals surface area contributed by atoms with Gasteiger partial charge < -0.3 is 19.9 Å². The number of hydrogen-bond acceptors (Lipinski definition) is 4. The van der Waals surface area contributed by atoms with E-state index in [-0.39, 0.29) is 5.82 Å². The molecule has 0 amide bonds. The lowest BCUT2D eigenvalue weighted by Crippen LogP contribution is -2.22. The Balaban J connectivity index is 1.59. The molecule has 0 saturated heterocycles. The molecule has 142 valence electrons. The van der Waals surface area contributed by atoms with Gasteiger partial charge in [-0.15, -0.1) is 0 Å². The number of aliphatic hydroxyl groups excluding tert-OH is 1. The highest BCUT2D eigenvalue weighted by atomic mass is 19.1. The van der Waals surface area contributed by atoms with Gasteiger partial charge in [0.1, 0.15) is 12.4 Å². The molecule has 5 heteroatoms. The molecule has 0 aliphatic heterocycles. The van der Waals surface area contributed by atoms with Crippen LogP contribution in [0, 0.1) is 5.82 Å². The average Bonchev–Trinajstić information content (AvgIpc) is 2.66. The first kappa shape index (κ1) is 20.2. The van der Waals surface area contributed by atoms with Crippen molar-refractivity contribution in [2.75, 3.05) is 26.3 Å². The van der Waals surface area contributed by atoms with Crippen molar-refractivity contribution in [2.45, 2.75) is 32.3 Å². The smallest absolute Gasteiger partial charge is 0.161 e. The molecule has 0 bridgehead atoms. The van der Waals surface area contributed by atoms with Gasteiger partial charge in [0.05, 0.1) is 12.7 Å². The Morgan fingerprint density at radius 1 is 0.962 bits per heavy atom. The maximum atomic E-state index is 12.9. The highest BCUT2D eigenvalue weighted by Crippen LogP contribution is 2.26. The molecular weight excluding hydrogens is 333 g/mol. The molecule has 0 fully saturated rings. The fourth-order valence-electron chi connectivity index (χ4n) is 2.53. The highest BCUT2D eigenvalue weighted by molar-refractivity contribution is 5.39. The van der Waals surface area contributed by atoms with E-state index in [0.29, 0.717) is 19.6 Å². The van der Waals surface area contributed by atoms with Crippen molar-refractivity contribution in [3.63, 3.8) is 0 Å². The third-order valence-electron chi connectivity index (χ3n) is 3.93. The lowest BCUT2D eigenvalue weighted by molar-refractivity contribution is 0.164. The fourth-order valence-corrected chi connectivity index (χ4v) is 2.53. The second-order valence-electron chi connectivity index (χ2n) is 6.10. The minimum atomic E-state index is -0.559. The zero-order valence-electron chi connectivity index (χ0n) is 15.3. The summed E-state index contributed by atoms with van der Waals surface area (Å²) in [6.45, 7) is 4.80. The van der Waals surface area contributed by atoms with Crippen molar-refractivity contribution in [3.05, 3.63) is 59.9 Å². The Labute approximate surface area is 155 Å². The molecule has 2 rings (SSSR count). The maximum Gasteiger partial charge on any atom is 0.161 e. The van der Waals surface area contributed by atoms with Crippen molar-refractivity contribution in [1.82, 2.24) is 5.32 Å². The van der Waals surface area contributed by atoms with Crippen molar-refractivity contribution in [1.29, 1.82) is 0 Å². The van der Waals surface area contributed by atoms with Gasteiger partial charge >= 0.3 is 0 Å². The van der Waals surface area contributed by atoms with Gasteiger partial charge in [-0.3, -0.25) is 0 Å². The van der Waals surface area contributed by atoms with Gasteiger partial charge in [0, 0.05) is 6.54 Å². The fraction of sp³-hybridized carbons (Fsp3) is 0.429. The van der Waals surface area contributed by atoms with E-state index in [2.05, 4.69) is 12.2 Å². The van der Waals surface area contributed by atoms with Crippen LogP contribution in [0.2, 0.25) is 0 Å². The number of benzene rings is 2. The van der Waals surface area contributed by atoms with Crippen LogP contribution in [0.5, 0.6) is 11.5 Å². The molecule has 0 aliphatic carbocycles. The number of nitrogens with one attached hydrogen (secondary N) is 1. The topological polar surface area (TPSA) is 50.7 Å². The molecule has 0 heterocycles. The molecule has 26 heavy (non-hydrogen) atoms. The third kappa shape index (κ3) is 7.02. The van der Waals surface area contributed by atoms with E-state index in [9.17, 15) is 9.50 Å². The molecule has 4 nitrogen and oxygen atoms in total. The monoisotopic (exact) mass is 361 g/mol. The molecule has 0 radical (unpaired) electrons. The average molecular weight is 361 g/mol. The molecule has 1 unspecified atom stereocenters. The lowest BCUT2D eigenvalue weighted by Gasteiger charge is -2.13. The summed E-state index contributed by atoms with van der Waals surface area (Å²) in [5, 5.41) is 13.4. The van der Waals surface area contributed by atoms with Crippen LogP contribution < -0.4 is 14.8 Å². The van der Waals surface area contributed by atoms with E-state index in [0.717, 1.165) is 43.0 Å². The second-order valence-corrected chi connectivity index (χ2v) is 6.10. The van der Waals surface area contributed by atoms with Crippen LogP contribution in [-0.4, -0.2) is 31.4 Å². The van der Waals surface area contributed by atoms with E-state index in [1.165, 1.54) is 12.1 Å². The van der Waals surface area contributed by atoms with E-state index in [4.69, 9.17) is 9.47 Å². The number of halogens is 1. The standard InChI is InChI=1S/C21H28FNO3/c1-2-15-25-20-7-3-4-8-21(20)26-16-14-23-13-5-6-19(24)17-9-11-18(22)12-10-17/h3-4,7-12,19,23-24H,2,5-6,13-16H2,1H3. The van der Waals surface area contributed by atoms with Crippen LogP contribution in [0.15, 0.2) is 48.5 Å². The van der Waals surface area contributed by atoms with Gasteiger partial charge in [-0.25, -0.2) is 4.39 Å². The summed E-state index contributed by atoms with van der Waals surface area (Å²) in [5.41, 5.74) is 0.749. The van der Waals surface area contributed by atoms with E-state index in [1.807, 2.05) is 24.3 Å². The van der Waals surface area contributed by atoms with Crippen LogP contribution in [0.3, 0.4) is 0 Å². The number of hydrogen-bond donors (Lipinski definition) is 2. The van der Waals surface area contributed by atoms with Crippen LogP contribution in [0.1, 0.15) is 37.9 Å². The summed E-state index contributed by atoms with van der Waals surface area (Å²) >= 11 is 0. The Kier molecular flexibility index (Phi) is 8.93. The van der Waals surface area contributed by atoms with Gasteiger partial charge in [0.15, 0.2) is 11.5 Å². The SMILES string of the molecule is CCCOc1ccccc1OCCNCCCC(O)c1ccc(F)cc1. The summed E-state index contributed by atoms with van der Waals surface area (Å²) in [6.07, 6.45) is 1.86. The van der Waals surface area contributed by atoms with Gasteiger partial charge in [-0.1, -0.05) is 31.2 Å². The predicted molar refractivity (Wildman–Crippen MR) is 101 cm³/mol. The van der Waals surface area contributed by atoms with Gasteiger partial charge in [0.2, 0.25) is 0 Å². The maximum absolute atomic E-state index is 12.9. The summed E-state index contributed by atoms with van der Waals surface area (Å²) in [7, 11) is 0. The zero-order valence-corrected chi connectivity index (χ0v) is 15.3. The second kappa shape index (κ2) is 11.5. The van der Waals surface area contributed by atoms with Gasteiger partial charge in [-0.05, 0) is 55.6 Å². The van der Waals surface area contributed by atoms with Crippen molar-refractivity contribution in [3.8, 4) is 11.5 Å². The van der Waals surface area contributed by atoms with E-state index >= 15 is 0 Å². The normalized spacial score (nSPS) is 12.0. The van der Waals surface area contributed by atoms with Gasteiger partial charge in [0.25, 0.3) is 0 Å². The first-order valence-corrected chi connectivity index (χ1v) is 9.19. The summed E-state index contributed by atoms with van der Waals surface area (Å²) in [6, 6.07) is 13.7. The quantitative estimate of drug-likeness (QED) is 0.559. The zero-order chi connectivity index (χ0) is 18.6.